The Morgan fingerprint density at radius 3 is 2.34 bits per heavy atom. The SMILES string of the molecule is Cn1c2ccc(-c3cccc4ccccc34)cc2c2c[c-]c3ccccc3c21.[Y]. The third kappa shape index (κ3) is 2.76. The molecular formula is C27H18NY-. The summed E-state index contributed by atoms with van der Waals surface area (Å²) in [4.78, 5) is 0. The molecule has 0 spiro atoms. The molecule has 0 N–H and O–H groups in total. The minimum Gasteiger partial charge on any atom is -0.361 e. The van der Waals surface area contributed by atoms with Crippen molar-refractivity contribution in [2.24, 2.45) is 7.05 Å². The van der Waals surface area contributed by atoms with Crippen molar-refractivity contribution >= 4 is 43.4 Å². The number of fused-ring (bicyclic) bond motifs is 6. The smallest absolute Gasteiger partial charge is 0.0381 e. The Hall–Kier alpha value is -2.48. The van der Waals surface area contributed by atoms with Crippen LogP contribution in [0.5, 0.6) is 0 Å². The average Bonchev–Trinajstić information content (AvgIpc) is 3.05. The molecule has 1 radical (unpaired) electrons. The molecule has 0 unspecified atom stereocenters. The number of nitrogens with zero attached hydrogens (tertiary/aromatic N) is 1. The van der Waals surface area contributed by atoms with Crippen molar-refractivity contribution < 1.29 is 32.7 Å². The minimum atomic E-state index is 0. The molecular weight excluding hydrogens is 427 g/mol. The third-order valence-corrected chi connectivity index (χ3v) is 5.89. The van der Waals surface area contributed by atoms with Gasteiger partial charge in [0.2, 0.25) is 0 Å². The summed E-state index contributed by atoms with van der Waals surface area (Å²) in [5, 5.41) is 7.53. The van der Waals surface area contributed by atoms with Crippen LogP contribution in [0.4, 0.5) is 0 Å². The van der Waals surface area contributed by atoms with Crippen LogP contribution in [0.1, 0.15) is 0 Å². The Kier molecular flexibility index (Phi) is 4.54. The first-order valence-electron chi connectivity index (χ1n) is 9.61. The second kappa shape index (κ2) is 7.09. The molecule has 1 nitrogen and oxygen atoms in total. The largest absolute Gasteiger partial charge is 0.361 e. The number of hydrogen-bond donors (Lipinski definition) is 0. The number of benzene rings is 5. The van der Waals surface area contributed by atoms with Crippen LogP contribution in [0, 0.1) is 6.07 Å². The van der Waals surface area contributed by atoms with Gasteiger partial charge < -0.3 is 4.57 Å². The van der Waals surface area contributed by atoms with Crippen LogP contribution in [-0.2, 0) is 39.8 Å². The van der Waals surface area contributed by atoms with Gasteiger partial charge in [-0.3, -0.25) is 0 Å². The van der Waals surface area contributed by atoms with Gasteiger partial charge >= 0.3 is 0 Å². The zero-order valence-corrected chi connectivity index (χ0v) is 19.0. The maximum absolute atomic E-state index is 3.47. The Morgan fingerprint density at radius 1 is 0.690 bits per heavy atom. The molecule has 0 aliphatic carbocycles. The predicted octanol–water partition coefficient (Wildman–Crippen LogP) is 7.10. The Balaban J connectivity index is 0.00000181. The molecule has 0 bridgehead atoms. The molecule has 6 rings (SSSR count). The molecule has 1 heterocycles. The van der Waals surface area contributed by atoms with Crippen LogP contribution < -0.4 is 0 Å². The summed E-state index contributed by atoms with van der Waals surface area (Å²) in [6.45, 7) is 0. The summed E-state index contributed by atoms with van der Waals surface area (Å²) < 4.78 is 2.31. The minimum absolute atomic E-state index is 0. The first kappa shape index (κ1) is 18.5. The van der Waals surface area contributed by atoms with E-state index in [0.29, 0.717) is 0 Å². The Bertz CT molecular complexity index is 1520. The molecule has 0 saturated heterocycles. The summed E-state index contributed by atoms with van der Waals surface area (Å²) in [6.07, 6.45) is 0. The van der Waals surface area contributed by atoms with E-state index in [1.165, 1.54) is 49.1 Å². The second-order valence-corrected chi connectivity index (χ2v) is 7.41. The molecule has 5 aromatic carbocycles. The van der Waals surface area contributed by atoms with Crippen molar-refractivity contribution in [3.8, 4) is 11.1 Å². The van der Waals surface area contributed by atoms with Gasteiger partial charge in [0.05, 0.1) is 0 Å². The van der Waals surface area contributed by atoms with Crippen molar-refractivity contribution in [2.45, 2.75) is 0 Å². The van der Waals surface area contributed by atoms with Crippen molar-refractivity contribution in [3.05, 3.63) is 97.1 Å². The maximum atomic E-state index is 3.47. The quantitative estimate of drug-likeness (QED) is 0.238. The number of aryl methyl sites for hydroxylation is 1. The summed E-state index contributed by atoms with van der Waals surface area (Å²) >= 11 is 0. The summed E-state index contributed by atoms with van der Waals surface area (Å²) in [5.74, 6) is 0. The maximum Gasteiger partial charge on any atom is 0.0381 e. The molecule has 29 heavy (non-hydrogen) atoms. The van der Waals surface area contributed by atoms with E-state index in [9.17, 15) is 0 Å². The molecule has 0 aliphatic heterocycles. The number of rotatable bonds is 1. The van der Waals surface area contributed by atoms with Crippen LogP contribution in [0.25, 0.3) is 54.5 Å². The van der Waals surface area contributed by atoms with Crippen molar-refractivity contribution in [3.63, 3.8) is 0 Å². The molecule has 0 fully saturated rings. The van der Waals surface area contributed by atoms with Crippen LogP contribution in [0.15, 0.2) is 91.0 Å². The predicted molar refractivity (Wildman–Crippen MR) is 120 cm³/mol. The van der Waals surface area contributed by atoms with Gasteiger partial charge in [0.1, 0.15) is 0 Å². The fraction of sp³-hybridized carbons (Fsp3) is 0.0370. The van der Waals surface area contributed by atoms with Gasteiger partial charge in [0, 0.05) is 45.3 Å². The third-order valence-electron chi connectivity index (χ3n) is 5.89. The van der Waals surface area contributed by atoms with Crippen LogP contribution in [0.2, 0.25) is 0 Å². The fourth-order valence-corrected chi connectivity index (χ4v) is 4.55. The van der Waals surface area contributed by atoms with E-state index < -0.39 is 0 Å². The van der Waals surface area contributed by atoms with Gasteiger partial charge in [0.15, 0.2) is 0 Å². The molecule has 0 amide bonds. The zero-order valence-electron chi connectivity index (χ0n) is 16.2. The van der Waals surface area contributed by atoms with E-state index in [1.807, 2.05) is 0 Å². The molecule has 135 valence electrons. The van der Waals surface area contributed by atoms with E-state index in [1.54, 1.807) is 0 Å². The molecule has 0 saturated carbocycles. The van der Waals surface area contributed by atoms with Crippen molar-refractivity contribution in [1.29, 1.82) is 0 Å². The van der Waals surface area contributed by atoms with Crippen LogP contribution >= 0.6 is 0 Å². The summed E-state index contributed by atoms with van der Waals surface area (Å²) in [6, 6.07) is 36.1. The first-order valence-corrected chi connectivity index (χ1v) is 9.61. The first-order chi connectivity index (χ1) is 13.8. The van der Waals surface area contributed by atoms with Gasteiger partial charge in [-0.1, -0.05) is 77.5 Å². The topological polar surface area (TPSA) is 4.93 Å². The van der Waals surface area contributed by atoms with Gasteiger partial charge in [-0.2, -0.15) is 0 Å². The molecule has 6 aromatic rings. The van der Waals surface area contributed by atoms with Gasteiger partial charge in [0.25, 0.3) is 0 Å². The fourth-order valence-electron chi connectivity index (χ4n) is 4.55. The average molecular weight is 445 g/mol. The van der Waals surface area contributed by atoms with Gasteiger partial charge in [-0.05, 0) is 38.9 Å². The molecule has 2 heteroatoms. The van der Waals surface area contributed by atoms with E-state index >= 15 is 0 Å². The summed E-state index contributed by atoms with van der Waals surface area (Å²) in [5.41, 5.74) is 5.06. The molecule has 0 atom stereocenters. The molecule has 0 aliphatic rings. The molecule has 1 aromatic heterocycles. The van der Waals surface area contributed by atoms with E-state index in [-0.39, 0.29) is 32.7 Å². The standard InChI is InChI=1S/C27H18N.Y/c1-28-26-16-14-20(22-12-6-9-18-7-2-4-10-21(18)22)17-25(26)24-15-13-19-8-3-5-11-23(19)27(24)28;/h2-12,14-17H,1H3;/q-1;. The van der Waals surface area contributed by atoms with Crippen molar-refractivity contribution in [1.82, 2.24) is 4.57 Å². The monoisotopic (exact) mass is 445 g/mol. The van der Waals surface area contributed by atoms with Crippen LogP contribution in [0.3, 0.4) is 0 Å². The normalized spacial score (nSPS) is 11.3. The van der Waals surface area contributed by atoms with E-state index in [0.717, 1.165) is 5.39 Å². The Morgan fingerprint density at radius 2 is 1.45 bits per heavy atom. The Labute approximate surface area is 194 Å². The zero-order chi connectivity index (χ0) is 18.7. The number of hydrogen-bond acceptors (Lipinski definition) is 0. The summed E-state index contributed by atoms with van der Waals surface area (Å²) in [7, 11) is 2.16. The van der Waals surface area contributed by atoms with Gasteiger partial charge in [-0.25, -0.2) is 0 Å². The van der Waals surface area contributed by atoms with E-state index in [4.69, 9.17) is 0 Å². The van der Waals surface area contributed by atoms with Crippen molar-refractivity contribution in [2.75, 3.05) is 0 Å². The van der Waals surface area contributed by atoms with Gasteiger partial charge in [-0.15, -0.1) is 29.7 Å². The second-order valence-electron chi connectivity index (χ2n) is 7.41. The van der Waals surface area contributed by atoms with E-state index in [2.05, 4.69) is 109 Å². The number of aromatic nitrogens is 1. The van der Waals surface area contributed by atoms with Crippen LogP contribution in [-0.4, -0.2) is 4.57 Å².